The van der Waals surface area contributed by atoms with Crippen molar-refractivity contribution in [1.82, 2.24) is 0 Å². The van der Waals surface area contributed by atoms with Crippen LogP contribution in [0.25, 0.3) is 0 Å². The number of carbonyl (C=O) groups excluding carboxylic acids is 1. The summed E-state index contributed by atoms with van der Waals surface area (Å²) in [5, 5.41) is 0. The maximum absolute atomic E-state index is 11.8. The van der Waals surface area contributed by atoms with Gasteiger partial charge in [0.2, 0.25) is 5.75 Å². The Hall–Kier alpha value is -3.47. The highest BCUT2D eigenvalue weighted by Crippen LogP contribution is 2.43. The Kier molecular flexibility index (Phi) is 6.96. The molecule has 0 spiro atoms. The lowest BCUT2D eigenvalue weighted by molar-refractivity contribution is -0.132. The number of benzene rings is 3. The molecule has 0 saturated heterocycles. The Morgan fingerprint density at radius 3 is 2.23 bits per heavy atom. The molecule has 5 nitrogen and oxygen atoms in total. The second-order valence-electron chi connectivity index (χ2n) is 6.89. The second-order valence-corrected chi connectivity index (χ2v) is 6.89. The third kappa shape index (κ3) is 4.92. The lowest BCUT2D eigenvalue weighted by atomic mass is 9.97. The molecule has 0 aliphatic rings. The SMILES string of the molecule is COc1cc(C)c(Cc2ccccc2OCc2ccccc2)c(OC(C)=O)c1OC. The number of hydrogen-bond donors (Lipinski definition) is 0. The fourth-order valence-electron chi connectivity index (χ4n) is 3.31. The van der Waals surface area contributed by atoms with Crippen molar-refractivity contribution in [2.24, 2.45) is 0 Å². The molecule has 3 aromatic carbocycles. The molecule has 0 radical (unpaired) electrons. The molecular weight excluding hydrogens is 380 g/mol. The van der Waals surface area contributed by atoms with Crippen LogP contribution in [0.3, 0.4) is 0 Å². The van der Waals surface area contributed by atoms with E-state index < -0.39 is 5.97 Å². The van der Waals surface area contributed by atoms with E-state index in [0.29, 0.717) is 30.3 Å². The van der Waals surface area contributed by atoms with E-state index >= 15 is 0 Å². The number of esters is 1. The fraction of sp³-hybridized carbons (Fsp3) is 0.240. The van der Waals surface area contributed by atoms with Crippen LogP contribution in [0, 0.1) is 6.92 Å². The van der Waals surface area contributed by atoms with E-state index in [1.165, 1.54) is 14.0 Å². The van der Waals surface area contributed by atoms with Crippen molar-refractivity contribution in [2.75, 3.05) is 14.2 Å². The summed E-state index contributed by atoms with van der Waals surface area (Å²) in [6.07, 6.45) is 0.514. The quantitative estimate of drug-likeness (QED) is 0.384. The summed E-state index contributed by atoms with van der Waals surface area (Å²) in [7, 11) is 3.09. The minimum absolute atomic E-state index is 0.375. The molecule has 3 aromatic rings. The molecule has 5 heteroatoms. The second kappa shape index (κ2) is 9.83. The van der Waals surface area contributed by atoms with Crippen LogP contribution < -0.4 is 18.9 Å². The van der Waals surface area contributed by atoms with E-state index in [4.69, 9.17) is 18.9 Å². The summed E-state index contributed by atoms with van der Waals surface area (Å²) in [5.41, 5.74) is 3.85. The van der Waals surface area contributed by atoms with Gasteiger partial charge in [-0.3, -0.25) is 4.79 Å². The van der Waals surface area contributed by atoms with Gasteiger partial charge in [0.05, 0.1) is 14.2 Å². The lowest BCUT2D eigenvalue weighted by Crippen LogP contribution is -2.09. The molecule has 0 unspecified atom stereocenters. The van der Waals surface area contributed by atoms with E-state index in [9.17, 15) is 4.79 Å². The van der Waals surface area contributed by atoms with Crippen LogP contribution in [-0.4, -0.2) is 20.2 Å². The van der Waals surface area contributed by atoms with Gasteiger partial charge in [0.25, 0.3) is 0 Å². The number of methoxy groups -OCH3 is 2. The molecule has 0 heterocycles. The molecule has 0 N–H and O–H groups in total. The van der Waals surface area contributed by atoms with Crippen molar-refractivity contribution in [2.45, 2.75) is 26.9 Å². The molecule has 0 fully saturated rings. The van der Waals surface area contributed by atoms with Gasteiger partial charge in [0, 0.05) is 18.9 Å². The normalized spacial score (nSPS) is 10.4. The molecule has 0 bridgehead atoms. The summed E-state index contributed by atoms with van der Waals surface area (Å²) in [4.78, 5) is 11.8. The first kappa shape index (κ1) is 21.2. The predicted octanol–water partition coefficient (Wildman–Crippen LogP) is 5.11. The van der Waals surface area contributed by atoms with Crippen molar-refractivity contribution < 1.29 is 23.7 Å². The zero-order chi connectivity index (χ0) is 21.5. The molecule has 0 aromatic heterocycles. The minimum atomic E-state index is -0.421. The summed E-state index contributed by atoms with van der Waals surface area (Å²) < 4.78 is 22.6. The van der Waals surface area contributed by atoms with Gasteiger partial charge in [0.1, 0.15) is 12.4 Å². The first-order chi connectivity index (χ1) is 14.5. The average Bonchev–Trinajstić information content (AvgIpc) is 2.75. The Morgan fingerprint density at radius 1 is 0.867 bits per heavy atom. The van der Waals surface area contributed by atoms with Crippen LogP contribution in [0.5, 0.6) is 23.0 Å². The summed E-state index contributed by atoms with van der Waals surface area (Å²) in [6.45, 7) is 3.80. The molecule has 156 valence electrons. The van der Waals surface area contributed by atoms with Crippen molar-refractivity contribution >= 4 is 5.97 Å². The van der Waals surface area contributed by atoms with Crippen molar-refractivity contribution in [3.63, 3.8) is 0 Å². The smallest absolute Gasteiger partial charge is 0.308 e. The van der Waals surface area contributed by atoms with Crippen molar-refractivity contribution in [3.8, 4) is 23.0 Å². The number of hydrogen-bond acceptors (Lipinski definition) is 5. The fourth-order valence-corrected chi connectivity index (χ4v) is 3.31. The molecule has 30 heavy (non-hydrogen) atoms. The Morgan fingerprint density at radius 2 is 1.57 bits per heavy atom. The maximum atomic E-state index is 11.8. The van der Waals surface area contributed by atoms with E-state index in [-0.39, 0.29) is 0 Å². The van der Waals surface area contributed by atoms with Gasteiger partial charge in [-0.25, -0.2) is 0 Å². The van der Waals surface area contributed by atoms with Crippen molar-refractivity contribution in [1.29, 1.82) is 0 Å². The van der Waals surface area contributed by atoms with Crippen LogP contribution >= 0.6 is 0 Å². The molecule has 0 atom stereocenters. The highest BCUT2D eigenvalue weighted by atomic mass is 16.6. The molecule has 0 amide bonds. The third-order valence-corrected chi connectivity index (χ3v) is 4.77. The van der Waals surface area contributed by atoms with Gasteiger partial charge in [-0.15, -0.1) is 0 Å². The monoisotopic (exact) mass is 406 g/mol. The average molecular weight is 406 g/mol. The Balaban J connectivity index is 1.97. The summed E-state index contributed by atoms with van der Waals surface area (Å²) >= 11 is 0. The van der Waals surface area contributed by atoms with Gasteiger partial charge < -0.3 is 18.9 Å². The Bertz CT molecular complexity index is 1010. The third-order valence-electron chi connectivity index (χ3n) is 4.77. The Labute approximate surface area is 177 Å². The molecule has 0 saturated carbocycles. The number of rotatable bonds is 8. The molecular formula is C25H26O5. The number of carbonyl (C=O) groups is 1. The van der Waals surface area contributed by atoms with E-state index in [1.807, 2.05) is 67.6 Å². The van der Waals surface area contributed by atoms with Crippen LogP contribution in [-0.2, 0) is 17.8 Å². The minimum Gasteiger partial charge on any atom is -0.493 e. The topological polar surface area (TPSA) is 54.0 Å². The van der Waals surface area contributed by atoms with Gasteiger partial charge >= 0.3 is 5.97 Å². The first-order valence-electron chi connectivity index (χ1n) is 9.71. The van der Waals surface area contributed by atoms with E-state index in [1.54, 1.807) is 7.11 Å². The van der Waals surface area contributed by atoms with E-state index in [0.717, 1.165) is 28.0 Å². The van der Waals surface area contributed by atoms with Gasteiger partial charge in [-0.2, -0.15) is 0 Å². The van der Waals surface area contributed by atoms with Crippen LogP contribution in [0.2, 0.25) is 0 Å². The van der Waals surface area contributed by atoms with Gasteiger partial charge in [-0.05, 0) is 35.7 Å². The van der Waals surface area contributed by atoms with Crippen LogP contribution in [0.4, 0.5) is 0 Å². The summed E-state index contributed by atoms with van der Waals surface area (Å²) in [5.74, 6) is 1.65. The van der Waals surface area contributed by atoms with Crippen molar-refractivity contribution in [3.05, 3.63) is 82.9 Å². The largest absolute Gasteiger partial charge is 0.493 e. The molecule has 0 aliphatic heterocycles. The highest BCUT2D eigenvalue weighted by molar-refractivity contribution is 5.73. The highest BCUT2D eigenvalue weighted by Gasteiger charge is 2.22. The van der Waals surface area contributed by atoms with Gasteiger partial charge in [-0.1, -0.05) is 48.5 Å². The van der Waals surface area contributed by atoms with E-state index in [2.05, 4.69) is 0 Å². The molecule has 3 rings (SSSR count). The maximum Gasteiger partial charge on any atom is 0.308 e. The zero-order valence-corrected chi connectivity index (χ0v) is 17.7. The molecule has 0 aliphatic carbocycles. The standard InChI is InChI=1S/C25H26O5/c1-17-14-23(27-3)25(28-4)24(30-18(2)26)21(17)15-20-12-8-9-13-22(20)29-16-19-10-6-5-7-11-19/h5-14H,15-16H2,1-4H3. The number of ether oxygens (including phenoxy) is 4. The lowest BCUT2D eigenvalue weighted by Gasteiger charge is -2.19. The van der Waals surface area contributed by atoms with Gasteiger partial charge in [0.15, 0.2) is 11.5 Å². The first-order valence-corrected chi connectivity index (χ1v) is 9.71. The van der Waals surface area contributed by atoms with Crippen LogP contribution in [0.15, 0.2) is 60.7 Å². The number of aryl methyl sites for hydroxylation is 1. The van der Waals surface area contributed by atoms with Crippen LogP contribution in [0.1, 0.15) is 29.2 Å². The number of para-hydroxylation sites is 1. The predicted molar refractivity (Wildman–Crippen MR) is 116 cm³/mol. The zero-order valence-electron chi connectivity index (χ0n) is 17.7. The summed E-state index contributed by atoms with van der Waals surface area (Å²) in [6, 6.07) is 19.8.